The number of carbonyl (C=O) groups is 1. The molecule has 20 heavy (non-hydrogen) atoms. The van der Waals surface area contributed by atoms with Gasteiger partial charge in [-0.15, -0.1) is 0 Å². The molecule has 4 heteroatoms. The standard InChI is InChI=1S/C16H27N3O/c1-4-18-8-5-14(12-18)11-17-15-6-9-19(10-7-15)16(20)13(2)3/h5,8,12-13,15,17H,4,6-7,9-11H2,1-3H3. The predicted molar refractivity (Wildman–Crippen MR) is 81.4 cm³/mol. The summed E-state index contributed by atoms with van der Waals surface area (Å²) in [6.45, 7) is 9.84. The highest BCUT2D eigenvalue weighted by atomic mass is 16.2. The third kappa shape index (κ3) is 3.85. The van der Waals surface area contributed by atoms with Gasteiger partial charge in [0.15, 0.2) is 0 Å². The van der Waals surface area contributed by atoms with Gasteiger partial charge in [-0.3, -0.25) is 4.79 Å². The molecule has 0 atom stereocenters. The first kappa shape index (κ1) is 15.1. The van der Waals surface area contributed by atoms with Crippen LogP contribution in [0.2, 0.25) is 0 Å². The number of hydrogen-bond acceptors (Lipinski definition) is 2. The molecule has 0 radical (unpaired) electrons. The summed E-state index contributed by atoms with van der Waals surface area (Å²) in [6.07, 6.45) is 6.45. The molecule has 0 bridgehead atoms. The van der Waals surface area contributed by atoms with Gasteiger partial charge in [-0.1, -0.05) is 13.8 Å². The molecule has 1 fully saturated rings. The van der Waals surface area contributed by atoms with Crippen molar-refractivity contribution in [3.8, 4) is 0 Å². The number of aryl methyl sites for hydroxylation is 1. The van der Waals surface area contributed by atoms with Gasteiger partial charge >= 0.3 is 0 Å². The van der Waals surface area contributed by atoms with E-state index in [4.69, 9.17) is 0 Å². The van der Waals surface area contributed by atoms with Crippen molar-refractivity contribution < 1.29 is 4.79 Å². The second-order valence-electron chi connectivity index (χ2n) is 5.99. The van der Waals surface area contributed by atoms with E-state index in [-0.39, 0.29) is 5.92 Å². The van der Waals surface area contributed by atoms with E-state index in [1.54, 1.807) is 0 Å². The van der Waals surface area contributed by atoms with Crippen LogP contribution >= 0.6 is 0 Å². The lowest BCUT2D eigenvalue weighted by Crippen LogP contribution is -2.45. The van der Waals surface area contributed by atoms with E-state index in [2.05, 4.69) is 35.3 Å². The molecule has 1 saturated heterocycles. The highest BCUT2D eigenvalue weighted by Crippen LogP contribution is 2.14. The van der Waals surface area contributed by atoms with Gasteiger partial charge in [0.1, 0.15) is 0 Å². The summed E-state index contributed by atoms with van der Waals surface area (Å²) in [5.74, 6) is 0.414. The highest BCUT2D eigenvalue weighted by Gasteiger charge is 2.23. The van der Waals surface area contributed by atoms with Crippen molar-refractivity contribution in [2.24, 2.45) is 5.92 Å². The third-order valence-electron chi connectivity index (χ3n) is 4.07. The maximum absolute atomic E-state index is 11.9. The zero-order valence-corrected chi connectivity index (χ0v) is 12.9. The third-order valence-corrected chi connectivity index (χ3v) is 4.07. The molecule has 0 saturated carbocycles. The number of nitrogens with zero attached hydrogens (tertiary/aromatic N) is 2. The average Bonchev–Trinajstić information content (AvgIpc) is 2.93. The van der Waals surface area contributed by atoms with Gasteiger partial charge in [0.25, 0.3) is 0 Å². The highest BCUT2D eigenvalue weighted by molar-refractivity contribution is 5.78. The number of rotatable bonds is 5. The Kier molecular flexibility index (Phi) is 5.24. The topological polar surface area (TPSA) is 37.3 Å². The summed E-state index contributed by atoms with van der Waals surface area (Å²) in [5, 5.41) is 3.61. The summed E-state index contributed by atoms with van der Waals surface area (Å²) >= 11 is 0. The zero-order chi connectivity index (χ0) is 14.5. The van der Waals surface area contributed by atoms with E-state index >= 15 is 0 Å². The average molecular weight is 277 g/mol. The van der Waals surface area contributed by atoms with Gasteiger partial charge in [0.05, 0.1) is 0 Å². The van der Waals surface area contributed by atoms with E-state index in [1.807, 2.05) is 18.7 Å². The van der Waals surface area contributed by atoms with Crippen LogP contribution in [0, 0.1) is 5.92 Å². The van der Waals surface area contributed by atoms with Gasteiger partial charge in [0.2, 0.25) is 5.91 Å². The van der Waals surface area contributed by atoms with Crippen molar-refractivity contribution in [2.45, 2.75) is 52.7 Å². The lowest BCUT2D eigenvalue weighted by Gasteiger charge is -2.33. The van der Waals surface area contributed by atoms with Crippen molar-refractivity contribution in [3.05, 3.63) is 24.0 Å². The van der Waals surface area contributed by atoms with Crippen LogP contribution in [0.15, 0.2) is 18.5 Å². The van der Waals surface area contributed by atoms with Gasteiger partial charge in [-0.2, -0.15) is 0 Å². The Morgan fingerprint density at radius 1 is 1.40 bits per heavy atom. The fourth-order valence-corrected chi connectivity index (χ4v) is 2.72. The maximum Gasteiger partial charge on any atom is 0.225 e. The van der Waals surface area contributed by atoms with E-state index in [0.29, 0.717) is 11.9 Å². The molecular weight excluding hydrogens is 250 g/mol. The molecule has 1 aliphatic heterocycles. The minimum atomic E-state index is 0.119. The number of amides is 1. The molecule has 112 valence electrons. The van der Waals surface area contributed by atoms with Crippen LogP contribution in [-0.2, 0) is 17.9 Å². The Bertz CT molecular complexity index is 431. The molecule has 2 rings (SSSR count). The molecule has 0 spiro atoms. The second-order valence-corrected chi connectivity index (χ2v) is 5.99. The molecule has 1 N–H and O–H groups in total. The number of aromatic nitrogens is 1. The van der Waals surface area contributed by atoms with Crippen LogP contribution in [0.25, 0.3) is 0 Å². The lowest BCUT2D eigenvalue weighted by molar-refractivity contribution is -0.135. The van der Waals surface area contributed by atoms with Crippen molar-refractivity contribution in [1.29, 1.82) is 0 Å². The largest absolute Gasteiger partial charge is 0.354 e. The Hall–Kier alpha value is -1.29. The van der Waals surface area contributed by atoms with Crippen molar-refractivity contribution in [1.82, 2.24) is 14.8 Å². The molecule has 0 aromatic carbocycles. The first-order valence-electron chi connectivity index (χ1n) is 7.77. The summed E-state index contributed by atoms with van der Waals surface area (Å²) < 4.78 is 2.20. The van der Waals surface area contributed by atoms with E-state index in [9.17, 15) is 4.79 Å². The number of nitrogens with one attached hydrogen (secondary N) is 1. The van der Waals surface area contributed by atoms with E-state index in [1.165, 1.54) is 5.56 Å². The molecule has 2 heterocycles. The molecule has 1 aromatic heterocycles. The predicted octanol–water partition coefficient (Wildman–Crippen LogP) is 2.24. The molecule has 1 amide bonds. The number of carbonyl (C=O) groups excluding carboxylic acids is 1. The van der Waals surface area contributed by atoms with E-state index < -0.39 is 0 Å². The first-order chi connectivity index (χ1) is 9.60. The second kappa shape index (κ2) is 6.93. The fraction of sp³-hybridized carbons (Fsp3) is 0.688. The normalized spacial score (nSPS) is 16.9. The van der Waals surface area contributed by atoms with Crippen LogP contribution in [0.4, 0.5) is 0 Å². The smallest absolute Gasteiger partial charge is 0.225 e. The molecule has 1 aromatic rings. The van der Waals surface area contributed by atoms with E-state index in [0.717, 1.165) is 39.0 Å². The van der Waals surface area contributed by atoms with Gasteiger partial charge in [-0.25, -0.2) is 0 Å². The minimum absolute atomic E-state index is 0.119. The fourth-order valence-electron chi connectivity index (χ4n) is 2.72. The van der Waals surface area contributed by atoms with Crippen LogP contribution in [0.5, 0.6) is 0 Å². The summed E-state index contributed by atoms with van der Waals surface area (Å²) in [7, 11) is 0. The Morgan fingerprint density at radius 3 is 2.65 bits per heavy atom. The Morgan fingerprint density at radius 2 is 2.10 bits per heavy atom. The lowest BCUT2D eigenvalue weighted by atomic mass is 10.0. The summed E-state index contributed by atoms with van der Waals surface area (Å²) in [5.41, 5.74) is 1.34. The summed E-state index contributed by atoms with van der Waals surface area (Å²) in [6, 6.07) is 2.71. The molecule has 0 unspecified atom stereocenters. The molecule has 4 nitrogen and oxygen atoms in total. The minimum Gasteiger partial charge on any atom is -0.354 e. The maximum atomic E-state index is 11.9. The molecule has 0 aliphatic carbocycles. The van der Waals surface area contributed by atoms with Crippen molar-refractivity contribution >= 4 is 5.91 Å². The van der Waals surface area contributed by atoms with Gasteiger partial charge in [-0.05, 0) is 31.4 Å². The zero-order valence-electron chi connectivity index (χ0n) is 12.9. The van der Waals surface area contributed by atoms with Crippen LogP contribution in [-0.4, -0.2) is 34.5 Å². The quantitative estimate of drug-likeness (QED) is 0.896. The number of likely N-dealkylation sites (tertiary alicyclic amines) is 1. The summed E-state index contributed by atoms with van der Waals surface area (Å²) in [4.78, 5) is 13.9. The molecular formula is C16H27N3O. The number of piperidine rings is 1. The Labute approximate surface area is 122 Å². The van der Waals surface area contributed by atoms with Gasteiger partial charge in [0, 0.05) is 50.5 Å². The van der Waals surface area contributed by atoms with Crippen LogP contribution in [0.1, 0.15) is 39.2 Å². The van der Waals surface area contributed by atoms with Crippen molar-refractivity contribution in [3.63, 3.8) is 0 Å². The SMILES string of the molecule is CCn1ccc(CNC2CCN(C(=O)C(C)C)CC2)c1. The monoisotopic (exact) mass is 277 g/mol. The van der Waals surface area contributed by atoms with Crippen molar-refractivity contribution in [2.75, 3.05) is 13.1 Å². The molecule has 1 aliphatic rings. The number of hydrogen-bond donors (Lipinski definition) is 1. The Balaban J connectivity index is 1.73. The first-order valence-corrected chi connectivity index (χ1v) is 7.77. The van der Waals surface area contributed by atoms with Crippen LogP contribution in [0.3, 0.4) is 0 Å². The van der Waals surface area contributed by atoms with Crippen LogP contribution < -0.4 is 5.32 Å². The van der Waals surface area contributed by atoms with Gasteiger partial charge < -0.3 is 14.8 Å².